The van der Waals surface area contributed by atoms with Crippen molar-refractivity contribution in [1.29, 1.82) is 0 Å². The molecule has 2 aromatic carbocycles. The van der Waals surface area contributed by atoms with Gasteiger partial charge in [-0.2, -0.15) is 0 Å². The number of nitrogen functional groups attached to an aromatic ring is 1. The van der Waals surface area contributed by atoms with Crippen molar-refractivity contribution in [3.05, 3.63) is 54.1 Å². The highest BCUT2D eigenvalue weighted by molar-refractivity contribution is 6.11. The first-order valence-electron chi connectivity index (χ1n) is 10.2. The highest BCUT2D eigenvalue weighted by atomic mass is 16.2. The zero-order valence-corrected chi connectivity index (χ0v) is 17.5. The van der Waals surface area contributed by atoms with E-state index in [1.54, 1.807) is 16.7 Å². The van der Waals surface area contributed by atoms with Gasteiger partial charge in [0.25, 0.3) is 5.91 Å². The van der Waals surface area contributed by atoms with E-state index in [-0.39, 0.29) is 17.6 Å². The number of nitrogens with two attached hydrogens (primary N) is 1. The Hall–Kier alpha value is -3.94. The molecule has 0 aliphatic carbocycles. The molecule has 31 heavy (non-hydrogen) atoms. The van der Waals surface area contributed by atoms with Crippen LogP contribution in [0.4, 0.5) is 11.5 Å². The van der Waals surface area contributed by atoms with E-state index in [2.05, 4.69) is 17.6 Å². The number of nitrogens with zero attached hydrogens (tertiary/aromatic N) is 3. The maximum absolute atomic E-state index is 13.0. The van der Waals surface area contributed by atoms with E-state index < -0.39 is 0 Å². The fourth-order valence-corrected chi connectivity index (χ4v) is 3.51. The molecule has 4 aromatic rings. The summed E-state index contributed by atoms with van der Waals surface area (Å²) in [6.07, 6.45) is 1.85. The number of hydrogen-bond acceptors (Lipinski definition) is 5. The van der Waals surface area contributed by atoms with Crippen LogP contribution in [0.5, 0.6) is 0 Å². The molecule has 0 bridgehead atoms. The smallest absolute Gasteiger partial charge is 0.257 e. The van der Waals surface area contributed by atoms with E-state index >= 15 is 0 Å². The number of unbranched alkanes of at least 4 members (excludes halogenated alkanes) is 1. The van der Waals surface area contributed by atoms with Gasteiger partial charge in [-0.15, -0.1) is 0 Å². The highest BCUT2D eigenvalue weighted by Gasteiger charge is 2.24. The van der Waals surface area contributed by atoms with Gasteiger partial charge in [0.05, 0.1) is 11.0 Å². The number of benzene rings is 2. The van der Waals surface area contributed by atoms with Crippen molar-refractivity contribution in [3.63, 3.8) is 0 Å². The Bertz CT molecular complexity index is 1280. The molecule has 0 radical (unpaired) electrons. The summed E-state index contributed by atoms with van der Waals surface area (Å²) in [7, 11) is 0. The average molecular weight is 416 g/mol. The Morgan fingerprint density at radius 1 is 1.03 bits per heavy atom. The SMILES string of the molecule is CCCCNC(=O)c1c(N)n(-c2ccc(NC(C)=O)cc2)c2nc3ccccc3nc12. The van der Waals surface area contributed by atoms with Crippen LogP contribution in [0.2, 0.25) is 0 Å². The van der Waals surface area contributed by atoms with Crippen molar-refractivity contribution >= 4 is 45.5 Å². The molecule has 2 aromatic heterocycles. The summed E-state index contributed by atoms with van der Waals surface area (Å²) in [4.78, 5) is 33.8. The van der Waals surface area contributed by atoms with E-state index in [0.29, 0.717) is 45.7 Å². The molecule has 158 valence electrons. The lowest BCUT2D eigenvalue weighted by molar-refractivity contribution is -0.114. The molecule has 0 saturated carbocycles. The number of amides is 2. The van der Waals surface area contributed by atoms with Gasteiger partial charge in [0.1, 0.15) is 16.9 Å². The van der Waals surface area contributed by atoms with Gasteiger partial charge >= 0.3 is 0 Å². The number of carbonyl (C=O) groups is 2. The fraction of sp³-hybridized carbons (Fsp3) is 0.217. The number of para-hydroxylation sites is 2. The number of fused-ring (bicyclic) bond motifs is 2. The van der Waals surface area contributed by atoms with Crippen LogP contribution in [0.1, 0.15) is 37.0 Å². The Morgan fingerprint density at radius 3 is 2.35 bits per heavy atom. The third-order valence-corrected chi connectivity index (χ3v) is 4.99. The van der Waals surface area contributed by atoms with Crippen LogP contribution < -0.4 is 16.4 Å². The lowest BCUT2D eigenvalue weighted by atomic mass is 10.2. The van der Waals surface area contributed by atoms with Crippen LogP contribution in [-0.4, -0.2) is 32.9 Å². The van der Waals surface area contributed by atoms with Gasteiger partial charge < -0.3 is 16.4 Å². The first kappa shape index (κ1) is 20.3. The molecule has 0 atom stereocenters. The fourth-order valence-electron chi connectivity index (χ4n) is 3.51. The molecular weight excluding hydrogens is 392 g/mol. The van der Waals surface area contributed by atoms with Crippen LogP contribution in [0, 0.1) is 0 Å². The van der Waals surface area contributed by atoms with E-state index in [1.165, 1.54) is 6.92 Å². The number of hydrogen-bond donors (Lipinski definition) is 3. The molecule has 0 saturated heterocycles. The van der Waals surface area contributed by atoms with E-state index in [4.69, 9.17) is 15.7 Å². The molecule has 0 aliphatic rings. The van der Waals surface area contributed by atoms with E-state index in [1.807, 2.05) is 36.4 Å². The Morgan fingerprint density at radius 2 is 1.71 bits per heavy atom. The molecule has 0 unspecified atom stereocenters. The van der Waals surface area contributed by atoms with Crippen molar-refractivity contribution < 1.29 is 9.59 Å². The standard InChI is InChI=1S/C23H24N6O2/c1-3-4-13-25-23(31)19-20-22(28-18-8-6-5-7-17(18)27-20)29(21(19)24)16-11-9-15(10-12-16)26-14(2)30/h5-12H,3-4,13,24H2,1-2H3,(H,25,31)(H,26,30). The largest absolute Gasteiger partial charge is 0.384 e. The maximum Gasteiger partial charge on any atom is 0.257 e. The van der Waals surface area contributed by atoms with Gasteiger partial charge in [0, 0.05) is 24.8 Å². The van der Waals surface area contributed by atoms with Crippen molar-refractivity contribution in [2.75, 3.05) is 17.6 Å². The molecule has 0 aliphatic heterocycles. The molecule has 0 spiro atoms. The van der Waals surface area contributed by atoms with Gasteiger partial charge in [0.2, 0.25) is 5.91 Å². The summed E-state index contributed by atoms with van der Waals surface area (Å²) >= 11 is 0. The monoisotopic (exact) mass is 416 g/mol. The Balaban J connectivity index is 1.89. The molecule has 0 fully saturated rings. The second-order valence-corrected chi connectivity index (χ2v) is 7.32. The quantitative estimate of drug-likeness (QED) is 0.415. The number of anilines is 2. The van der Waals surface area contributed by atoms with Gasteiger partial charge in [-0.1, -0.05) is 25.5 Å². The lowest BCUT2D eigenvalue weighted by Crippen LogP contribution is -2.25. The number of nitrogens with one attached hydrogen (secondary N) is 2. The summed E-state index contributed by atoms with van der Waals surface area (Å²) in [6.45, 7) is 4.08. The van der Waals surface area contributed by atoms with Crippen LogP contribution in [-0.2, 0) is 4.79 Å². The molecule has 2 heterocycles. The average Bonchev–Trinajstić information content (AvgIpc) is 3.03. The van der Waals surface area contributed by atoms with Crippen molar-refractivity contribution in [1.82, 2.24) is 19.9 Å². The van der Waals surface area contributed by atoms with Crippen LogP contribution in [0.15, 0.2) is 48.5 Å². The highest BCUT2D eigenvalue weighted by Crippen LogP contribution is 2.31. The summed E-state index contributed by atoms with van der Waals surface area (Å²) in [5.74, 6) is -0.150. The van der Waals surface area contributed by atoms with Gasteiger partial charge in [-0.05, 0) is 42.8 Å². The number of rotatable bonds is 6. The van der Waals surface area contributed by atoms with Crippen LogP contribution >= 0.6 is 0 Å². The second kappa shape index (κ2) is 8.43. The maximum atomic E-state index is 13.0. The summed E-state index contributed by atoms with van der Waals surface area (Å²) in [5.41, 5.74) is 10.5. The Kier molecular flexibility index (Phi) is 5.53. The van der Waals surface area contributed by atoms with Crippen molar-refractivity contribution in [3.8, 4) is 5.69 Å². The van der Waals surface area contributed by atoms with Crippen LogP contribution in [0.25, 0.3) is 27.9 Å². The molecule has 8 heteroatoms. The molecule has 8 nitrogen and oxygen atoms in total. The minimum atomic E-state index is -0.269. The van der Waals surface area contributed by atoms with E-state index in [9.17, 15) is 9.59 Å². The molecule has 4 rings (SSSR count). The van der Waals surface area contributed by atoms with Gasteiger partial charge in [0.15, 0.2) is 5.65 Å². The summed E-state index contributed by atoms with van der Waals surface area (Å²) in [5, 5.41) is 5.67. The van der Waals surface area contributed by atoms with Gasteiger partial charge in [-0.25, -0.2) is 9.97 Å². The topological polar surface area (TPSA) is 115 Å². The minimum Gasteiger partial charge on any atom is -0.384 e. The zero-order chi connectivity index (χ0) is 22.0. The van der Waals surface area contributed by atoms with Crippen molar-refractivity contribution in [2.24, 2.45) is 0 Å². The third-order valence-electron chi connectivity index (χ3n) is 4.99. The number of carbonyl (C=O) groups excluding carboxylic acids is 2. The zero-order valence-electron chi connectivity index (χ0n) is 17.5. The second-order valence-electron chi connectivity index (χ2n) is 7.32. The predicted octanol–water partition coefficient (Wildman–Crippen LogP) is 3.64. The molecule has 4 N–H and O–H groups in total. The Labute approximate surface area is 179 Å². The summed E-state index contributed by atoms with van der Waals surface area (Å²) < 4.78 is 1.72. The summed E-state index contributed by atoms with van der Waals surface area (Å²) in [6, 6.07) is 14.7. The molecule has 2 amide bonds. The van der Waals surface area contributed by atoms with Crippen molar-refractivity contribution in [2.45, 2.75) is 26.7 Å². The number of aromatic nitrogens is 3. The minimum absolute atomic E-state index is 0.151. The molecular formula is C23H24N6O2. The first-order valence-corrected chi connectivity index (χ1v) is 10.2. The predicted molar refractivity (Wildman–Crippen MR) is 122 cm³/mol. The lowest BCUT2D eigenvalue weighted by Gasteiger charge is -2.09. The van der Waals surface area contributed by atoms with Gasteiger partial charge in [-0.3, -0.25) is 14.2 Å². The van der Waals surface area contributed by atoms with Crippen LogP contribution in [0.3, 0.4) is 0 Å². The van der Waals surface area contributed by atoms with E-state index in [0.717, 1.165) is 12.8 Å². The third kappa shape index (κ3) is 3.92. The first-order chi connectivity index (χ1) is 15.0. The normalized spacial score (nSPS) is 11.0.